The van der Waals surface area contributed by atoms with E-state index in [0.717, 1.165) is 30.2 Å². The fourth-order valence-electron chi connectivity index (χ4n) is 3.15. The molecule has 2 atom stereocenters. The molecule has 0 aliphatic heterocycles. The number of likely N-dealkylation sites (N-methyl/N-ethyl adjacent to an activating group) is 1. The second-order valence-electron chi connectivity index (χ2n) is 5.24. The molecule has 3 nitrogen and oxygen atoms in total. The second-order valence-corrected chi connectivity index (χ2v) is 6.35. The first-order chi connectivity index (χ1) is 9.30. The molecule has 1 aliphatic carbocycles. The Morgan fingerprint density at radius 2 is 2.42 bits per heavy atom. The lowest BCUT2D eigenvalue weighted by Crippen LogP contribution is -2.51. The van der Waals surface area contributed by atoms with E-state index >= 15 is 0 Å². The van der Waals surface area contributed by atoms with Crippen molar-refractivity contribution in [2.24, 2.45) is 5.92 Å². The predicted molar refractivity (Wildman–Crippen MR) is 80.4 cm³/mol. The Balaban J connectivity index is 1.84. The van der Waals surface area contributed by atoms with Gasteiger partial charge < -0.3 is 10.4 Å². The number of thioether (sulfide) groups is 1. The molecular formula is C15H24N2OS. The Hall–Kier alpha value is -0.580. The van der Waals surface area contributed by atoms with Crippen molar-refractivity contribution >= 4 is 11.8 Å². The van der Waals surface area contributed by atoms with Crippen molar-refractivity contribution in [1.82, 2.24) is 10.3 Å². The number of nitrogens with one attached hydrogen (secondary N) is 1. The summed E-state index contributed by atoms with van der Waals surface area (Å²) < 4.78 is 0. The van der Waals surface area contributed by atoms with Gasteiger partial charge in [0.15, 0.2) is 0 Å². The van der Waals surface area contributed by atoms with Crippen LogP contribution in [0.25, 0.3) is 0 Å². The molecule has 106 valence electrons. The summed E-state index contributed by atoms with van der Waals surface area (Å²) in [5.74, 6) is 1.67. The third kappa shape index (κ3) is 3.71. The van der Waals surface area contributed by atoms with E-state index in [1.807, 2.05) is 30.1 Å². The number of aliphatic hydroxyl groups is 1. The van der Waals surface area contributed by atoms with Crippen LogP contribution in [-0.4, -0.2) is 34.5 Å². The fourth-order valence-corrected chi connectivity index (χ4v) is 4.07. The maximum atomic E-state index is 9.75. The van der Waals surface area contributed by atoms with Crippen LogP contribution in [0.15, 0.2) is 29.4 Å². The van der Waals surface area contributed by atoms with E-state index in [1.54, 1.807) is 0 Å². The molecule has 0 spiro atoms. The standard InChI is InChI=1S/C15H24N2OS/c1-2-17-15(12-18)9-5-6-13(15)8-11-19-14-7-3-4-10-16-14/h3-4,7,10,13,17-18H,2,5-6,8-9,11-12H2,1H3. The Bertz CT molecular complexity index is 374. The minimum atomic E-state index is -0.0283. The van der Waals surface area contributed by atoms with E-state index < -0.39 is 0 Å². The monoisotopic (exact) mass is 280 g/mol. The van der Waals surface area contributed by atoms with Gasteiger partial charge in [-0.25, -0.2) is 4.98 Å². The number of pyridine rings is 1. The highest BCUT2D eigenvalue weighted by Crippen LogP contribution is 2.38. The molecule has 0 bridgehead atoms. The van der Waals surface area contributed by atoms with Crippen LogP contribution in [0.1, 0.15) is 32.6 Å². The Kier molecular flexibility index (Phi) is 5.67. The van der Waals surface area contributed by atoms with Crippen LogP contribution in [0.5, 0.6) is 0 Å². The molecule has 1 heterocycles. The Labute approximate surface area is 120 Å². The minimum absolute atomic E-state index is 0.0283. The van der Waals surface area contributed by atoms with Gasteiger partial charge in [-0.05, 0) is 49.6 Å². The van der Waals surface area contributed by atoms with E-state index in [9.17, 15) is 5.11 Å². The summed E-state index contributed by atoms with van der Waals surface area (Å²) in [7, 11) is 0. The van der Waals surface area contributed by atoms with Crippen LogP contribution < -0.4 is 5.32 Å². The third-order valence-electron chi connectivity index (χ3n) is 4.12. The molecule has 0 amide bonds. The molecule has 1 aliphatic rings. The number of aliphatic hydroxyl groups excluding tert-OH is 1. The van der Waals surface area contributed by atoms with Crippen molar-refractivity contribution in [3.8, 4) is 0 Å². The van der Waals surface area contributed by atoms with Gasteiger partial charge in [-0.1, -0.05) is 19.4 Å². The quantitative estimate of drug-likeness (QED) is 0.754. The highest BCUT2D eigenvalue weighted by molar-refractivity contribution is 7.99. The van der Waals surface area contributed by atoms with Crippen molar-refractivity contribution in [1.29, 1.82) is 0 Å². The van der Waals surface area contributed by atoms with Crippen LogP contribution >= 0.6 is 11.8 Å². The van der Waals surface area contributed by atoms with E-state index in [2.05, 4.69) is 23.3 Å². The van der Waals surface area contributed by atoms with Crippen LogP contribution in [0.2, 0.25) is 0 Å². The van der Waals surface area contributed by atoms with Crippen molar-refractivity contribution in [3.05, 3.63) is 24.4 Å². The fraction of sp³-hybridized carbons (Fsp3) is 0.667. The molecule has 1 aromatic heterocycles. The summed E-state index contributed by atoms with van der Waals surface area (Å²) in [5.41, 5.74) is -0.0283. The first-order valence-electron chi connectivity index (χ1n) is 7.20. The van der Waals surface area contributed by atoms with Gasteiger partial charge in [-0.2, -0.15) is 0 Å². The van der Waals surface area contributed by atoms with Crippen molar-refractivity contribution in [2.75, 3.05) is 18.9 Å². The highest BCUT2D eigenvalue weighted by atomic mass is 32.2. The zero-order valence-corrected chi connectivity index (χ0v) is 12.5. The molecule has 1 fully saturated rings. The van der Waals surface area contributed by atoms with Gasteiger partial charge in [-0.3, -0.25) is 0 Å². The molecule has 0 aromatic carbocycles. The van der Waals surface area contributed by atoms with E-state index in [4.69, 9.17) is 0 Å². The van der Waals surface area contributed by atoms with Crippen LogP contribution in [0, 0.1) is 5.92 Å². The summed E-state index contributed by atoms with van der Waals surface area (Å²) in [4.78, 5) is 4.33. The Morgan fingerprint density at radius 3 is 3.11 bits per heavy atom. The molecule has 2 unspecified atom stereocenters. The average molecular weight is 280 g/mol. The molecule has 4 heteroatoms. The lowest BCUT2D eigenvalue weighted by molar-refractivity contribution is 0.124. The van der Waals surface area contributed by atoms with Gasteiger partial charge in [0.2, 0.25) is 0 Å². The molecule has 1 aromatic rings. The van der Waals surface area contributed by atoms with Crippen molar-refractivity contribution in [3.63, 3.8) is 0 Å². The number of aromatic nitrogens is 1. The number of hydrogen-bond acceptors (Lipinski definition) is 4. The summed E-state index contributed by atoms with van der Waals surface area (Å²) in [6.07, 6.45) is 6.56. The van der Waals surface area contributed by atoms with Crippen molar-refractivity contribution < 1.29 is 5.11 Å². The maximum Gasteiger partial charge on any atom is 0.0959 e. The number of hydrogen-bond donors (Lipinski definition) is 2. The molecule has 1 saturated carbocycles. The minimum Gasteiger partial charge on any atom is -0.394 e. The Morgan fingerprint density at radius 1 is 1.53 bits per heavy atom. The average Bonchev–Trinajstić information content (AvgIpc) is 2.84. The first-order valence-corrected chi connectivity index (χ1v) is 8.19. The van der Waals surface area contributed by atoms with Gasteiger partial charge in [0.25, 0.3) is 0 Å². The van der Waals surface area contributed by atoms with Gasteiger partial charge in [-0.15, -0.1) is 11.8 Å². The SMILES string of the molecule is CCNC1(CO)CCCC1CCSc1ccccn1. The molecule has 0 saturated heterocycles. The molecule has 0 radical (unpaired) electrons. The van der Waals surface area contributed by atoms with E-state index in [1.165, 1.54) is 12.8 Å². The normalized spacial score (nSPS) is 26.7. The third-order valence-corrected chi connectivity index (χ3v) is 5.10. The van der Waals surface area contributed by atoms with Gasteiger partial charge in [0.1, 0.15) is 0 Å². The molecule has 2 N–H and O–H groups in total. The lowest BCUT2D eigenvalue weighted by Gasteiger charge is -2.34. The number of rotatable bonds is 7. The van der Waals surface area contributed by atoms with E-state index in [-0.39, 0.29) is 12.1 Å². The molecule has 19 heavy (non-hydrogen) atoms. The summed E-state index contributed by atoms with van der Waals surface area (Å²) in [5, 5.41) is 14.4. The summed E-state index contributed by atoms with van der Waals surface area (Å²) in [6.45, 7) is 3.32. The smallest absolute Gasteiger partial charge is 0.0959 e. The molecular weight excluding hydrogens is 256 g/mol. The van der Waals surface area contributed by atoms with Gasteiger partial charge in [0.05, 0.1) is 11.6 Å². The largest absolute Gasteiger partial charge is 0.394 e. The maximum absolute atomic E-state index is 9.75. The van der Waals surface area contributed by atoms with Crippen LogP contribution in [0.3, 0.4) is 0 Å². The zero-order valence-electron chi connectivity index (χ0n) is 11.6. The second kappa shape index (κ2) is 7.27. The topological polar surface area (TPSA) is 45.1 Å². The number of nitrogens with zero attached hydrogens (tertiary/aromatic N) is 1. The van der Waals surface area contributed by atoms with Crippen LogP contribution in [-0.2, 0) is 0 Å². The molecule has 2 rings (SSSR count). The summed E-state index contributed by atoms with van der Waals surface area (Å²) in [6, 6.07) is 6.04. The van der Waals surface area contributed by atoms with E-state index in [0.29, 0.717) is 5.92 Å². The van der Waals surface area contributed by atoms with Crippen molar-refractivity contribution in [2.45, 2.75) is 43.2 Å². The van der Waals surface area contributed by atoms with Crippen LogP contribution in [0.4, 0.5) is 0 Å². The summed E-state index contributed by atoms with van der Waals surface area (Å²) >= 11 is 1.82. The zero-order chi connectivity index (χ0) is 13.6. The lowest BCUT2D eigenvalue weighted by atomic mass is 9.86. The predicted octanol–water partition coefficient (Wildman–Crippen LogP) is 2.70. The first kappa shape index (κ1) is 14.8. The van der Waals surface area contributed by atoms with Gasteiger partial charge >= 0.3 is 0 Å². The van der Waals surface area contributed by atoms with Gasteiger partial charge in [0, 0.05) is 11.7 Å². The highest BCUT2D eigenvalue weighted by Gasteiger charge is 2.41.